The molecule has 1 amide bonds. The van der Waals surface area contributed by atoms with Crippen LogP contribution in [0.4, 0.5) is 27.6 Å². The van der Waals surface area contributed by atoms with E-state index in [1.165, 1.54) is 18.2 Å². The second-order valence-corrected chi connectivity index (χ2v) is 7.94. The lowest BCUT2D eigenvalue weighted by Gasteiger charge is -2.19. The van der Waals surface area contributed by atoms with E-state index in [1.54, 1.807) is 6.92 Å². The monoisotopic (exact) mass is 469 g/mol. The smallest absolute Gasteiger partial charge is 0.396 e. The molecule has 0 unspecified atom stereocenters. The zero-order valence-electron chi connectivity index (χ0n) is 17.4. The molecule has 3 N–H and O–H groups in total. The van der Waals surface area contributed by atoms with Crippen molar-refractivity contribution in [2.24, 2.45) is 10.4 Å². The highest BCUT2D eigenvalue weighted by Gasteiger charge is 2.63. The zero-order valence-corrected chi connectivity index (χ0v) is 17.4. The molecule has 7 nitrogen and oxygen atoms in total. The summed E-state index contributed by atoms with van der Waals surface area (Å²) in [7, 11) is 0. The number of halogens is 5. The molecule has 33 heavy (non-hydrogen) atoms. The lowest BCUT2D eigenvalue weighted by molar-refractivity contribution is -0.184. The Morgan fingerprint density at radius 1 is 1.36 bits per heavy atom. The van der Waals surface area contributed by atoms with Gasteiger partial charge in [0.15, 0.2) is 5.88 Å². The molecular weight excluding hydrogens is 449 g/mol. The van der Waals surface area contributed by atoms with Crippen molar-refractivity contribution >= 4 is 28.2 Å². The van der Waals surface area contributed by atoms with Crippen molar-refractivity contribution in [3.05, 3.63) is 41.7 Å². The molecule has 2 heterocycles. The molecule has 0 bridgehead atoms. The van der Waals surface area contributed by atoms with Gasteiger partial charge in [0.2, 0.25) is 0 Å². The number of H-pyrrole nitrogens is 1. The molecule has 1 fully saturated rings. The van der Waals surface area contributed by atoms with Gasteiger partial charge in [-0.2, -0.15) is 27.1 Å². The van der Waals surface area contributed by atoms with Gasteiger partial charge in [-0.25, -0.2) is 9.67 Å². The van der Waals surface area contributed by atoms with Crippen LogP contribution in [0.1, 0.15) is 48.7 Å². The Morgan fingerprint density at radius 3 is 2.67 bits per heavy atom. The van der Waals surface area contributed by atoms with E-state index in [-0.39, 0.29) is 35.5 Å². The van der Waals surface area contributed by atoms with Crippen LogP contribution in [0, 0.1) is 5.41 Å². The summed E-state index contributed by atoms with van der Waals surface area (Å²) in [4.78, 5) is 19.6. The molecule has 2 aromatic heterocycles. The molecule has 1 aliphatic carbocycles. The summed E-state index contributed by atoms with van der Waals surface area (Å²) in [6.45, 7) is -1.58. The van der Waals surface area contributed by atoms with E-state index in [4.69, 9.17) is 0 Å². The van der Waals surface area contributed by atoms with Crippen molar-refractivity contribution in [2.75, 3.05) is 6.54 Å². The van der Waals surface area contributed by atoms with Crippen LogP contribution in [-0.4, -0.2) is 44.2 Å². The van der Waals surface area contributed by atoms with Crippen LogP contribution in [0.5, 0.6) is 5.88 Å². The number of aliphatic imine (C=N–C) groups is 1. The third-order valence-electron chi connectivity index (χ3n) is 5.76. The van der Waals surface area contributed by atoms with Gasteiger partial charge in [0, 0.05) is 23.0 Å². The number of nitrogens with zero attached hydrogens (tertiary/aromatic N) is 3. The molecule has 12 heteroatoms. The Morgan fingerprint density at radius 2 is 2.09 bits per heavy atom. The molecule has 1 aromatic carbocycles. The third-order valence-corrected chi connectivity index (χ3v) is 5.76. The van der Waals surface area contributed by atoms with Crippen molar-refractivity contribution in [1.82, 2.24) is 20.1 Å². The van der Waals surface area contributed by atoms with Gasteiger partial charge in [0.05, 0.1) is 29.1 Å². The highest BCUT2D eigenvalue weighted by atomic mass is 19.4. The SMILES string of the molecule is CCC(=Nc1cnn(C(F)F)c1)c1c(O)[nH]c2ccc(C(=O)NCC3(C(F)(F)F)CC3)cc12. The summed E-state index contributed by atoms with van der Waals surface area (Å²) >= 11 is 0. The van der Waals surface area contributed by atoms with Gasteiger partial charge in [0.25, 0.3) is 5.91 Å². The lowest BCUT2D eigenvalue weighted by Crippen LogP contribution is -2.38. The number of nitrogens with one attached hydrogen (secondary N) is 2. The van der Waals surface area contributed by atoms with Crippen LogP contribution in [-0.2, 0) is 0 Å². The van der Waals surface area contributed by atoms with Crippen molar-refractivity contribution in [3.8, 4) is 5.88 Å². The maximum absolute atomic E-state index is 13.1. The summed E-state index contributed by atoms with van der Waals surface area (Å²) in [5.74, 6) is -0.911. The standard InChI is InChI=1S/C21H20F5N5O2/c1-2-14(29-12-8-28-31(9-12)19(22)23)16-13-7-11(3-4-15(13)30-18(16)33)17(32)27-10-20(5-6-20)21(24,25)26/h3-4,7-9,19,30,33H,2,5-6,10H2,1H3,(H,27,32). The van der Waals surface area contributed by atoms with Crippen LogP contribution in [0.15, 0.2) is 35.6 Å². The van der Waals surface area contributed by atoms with E-state index in [9.17, 15) is 31.9 Å². The van der Waals surface area contributed by atoms with Crippen LogP contribution < -0.4 is 5.32 Å². The van der Waals surface area contributed by atoms with Crippen LogP contribution in [0.3, 0.4) is 0 Å². The maximum Gasteiger partial charge on any atom is 0.396 e. The van der Waals surface area contributed by atoms with Crippen molar-refractivity contribution in [1.29, 1.82) is 0 Å². The first kappa shape index (κ1) is 22.7. The average Bonchev–Trinajstić information content (AvgIpc) is 3.30. The van der Waals surface area contributed by atoms with E-state index in [0.29, 0.717) is 27.7 Å². The van der Waals surface area contributed by atoms with Crippen molar-refractivity contribution in [2.45, 2.75) is 38.9 Å². The second kappa shape index (κ2) is 8.16. The topological polar surface area (TPSA) is 95.3 Å². The minimum Gasteiger partial charge on any atom is -0.494 e. The van der Waals surface area contributed by atoms with Gasteiger partial charge >= 0.3 is 12.7 Å². The zero-order chi connectivity index (χ0) is 24.0. The molecule has 1 saturated carbocycles. The average molecular weight is 469 g/mol. The molecule has 3 aromatic rings. The van der Waals surface area contributed by atoms with Crippen LogP contribution >= 0.6 is 0 Å². The normalized spacial score (nSPS) is 15.9. The minimum atomic E-state index is -4.38. The number of aromatic amines is 1. The molecule has 0 saturated heterocycles. The van der Waals surface area contributed by atoms with Gasteiger partial charge in [-0.05, 0) is 37.5 Å². The Bertz CT molecular complexity index is 1220. The number of hydrogen-bond acceptors (Lipinski definition) is 4. The first-order valence-corrected chi connectivity index (χ1v) is 10.1. The number of aromatic nitrogens is 3. The largest absolute Gasteiger partial charge is 0.494 e. The highest BCUT2D eigenvalue weighted by molar-refractivity contribution is 6.14. The number of rotatable bonds is 7. The Labute approximate surface area is 184 Å². The molecule has 0 aliphatic heterocycles. The number of aromatic hydroxyl groups is 1. The molecular formula is C21H20F5N5O2. The number of carbonyl (C=O) groups is 1. The molecule has 176 valence electrons. The molecule has 0 radical (unpaired) electrons. The summed E-state index contributed by atoms with van der Waals surface area (Å²) in [6, 6.07) is 4.39. The Kier molecular flexibility index (Phi) is 5.62. The lowest BCUT2D eigenvalue weighted by atomic mass is 10.0. The fraction of sp³-hybridized carbons (Fsp3) is 0.381. The fourth-order valence-electron chi connectivity index (χ4n) is 3.63. The summed E-state index contributed by atoms with van der Waals surface area (Å²) in [5, 5.41) is 16.7. The predicted octanol–water partition coefficient (Wildman–Crippen LogP) is 5.07. The number of hydrogen-bond donors (Lipinski definition) is 3. The first-order valence-electron chi connectivity index (χ1n) is 10.1. The fourth-order valence-corrected chi connectivity index (χ4v) is 3.63. The van der Waals surface area contributed by atoms with Gasteiger partial charge in [-0.15, -0.1) is 0 Å². The van der Waals surface area contributed by atoms with E-state index < -0.39 is 30.6 Å². The van der Waals surface area contributed by atoms with E-state index in [1.807, 2.05) is 0 Å². The van der Waals surface area contributed by atoms with Crippen LogP contribution in [0.2, 0.25) is 0 Å². The number of fused-ring (bicyclic) bond motifs is 1. The number of benzene rings is 1. The van der Waals surface area contributed by atoms with E-state index >= 15 is 0 Å². The highest BCUT2D eigenvalue weighted by Crippen LogP contribution is 2.57. The number of carbonyl (C=O) groups excluding carboxylic acids is 1. The number of alkyl halides is 5. The molecule has 0 atom stereocenters. The quantitative estimate of drug-likeness (QED) is 0.333. The van der Waals surface area contributed by atoms with Crippen LogP contribution in [0.25, 0.3) is 10.9 Å². The van der Waals surface area contributed by atoms with Gasteiger partial charge < -0.3 is 15.4 Å². The van der Waals surface area contributed by atoms with Gasteiger partial charge in [-0.1, -0.05) is 6.92 Å². The Balaban J connectivity index is 1.64. The summed E-state index contributed by atoms with van der Waals surface area (Å²) in [5.41, 5.74) is -0.523. The Hall–Kier alpha value is -3.44. The van der Waals surface area contributed by atoms with E-state index in [2.05, 4.69) is 20.4 Å². The van der Waals surface area contributed by atoms with E-state index in [0.717, 1.165) is 12.4 Å². The van der Waals surface area contributed by atoms with Crippen molar-refractivity contribution < 1.29 is 31.9 Å². The molecule has 0 spiro atoms. The van der Waals surface area contributed by atoms with Gasteiger partial charge in [0.1, 0.15) is 5.69 Å². The molecule has 4 rings (SSSR count). The summed E-state index contributed by atoms with van der Waals surface area (Å²) in [6.07, 6.45) is -1.91. The predicted molar refractivity (Wildman–Crippen MR) is 110 cm³/mol. The number of amides is 1. The third kappa shape index (κ3) is 4.29. The maximum atomic E-state index is 13.1. The second-order valence-electron chi connectivity index (χ2n) is 7.94. The first-order chi connectivity index (χ1) is 15.5. The minimum absolute atomic E-state index is 0.0237. The summed E-state index contributed by atoms with van der Waals surface area (Å²) < 4.78 is 65.4. The van der Waals surface area contributed by atoms with Crippen molar-refractivity contribution in [3.63, 3.8) is 0 Å². The van der Waals surface area contributed by atoms with Gasteiger partial charge in [-0.3, -0.25) is 4.79 Å². The molecule has 1 aliphatic rings.